The van der Waals surface area contributed by atoms with Gasteiger partial charge in [0.2, 0.25) is 0 Å². The van der Waals surface area contributed by atoms with Crippen molar-refractivity contribution in [2.24, 2.45) is 5.73 Å². The number of aromatic nitrogens is 1. The van der Waals surface area contributed by atoms with Gasteiger partial charge < -0.3 is 5.73 Å². The third-order valence-electron chi connectivity index (χ3n) is 1.30. The minimum Gasteiger partial charge on any atom is -0.364 e. The topological polar surface area (TPSA) is 48.0 Å². The second kappa shape index (κ2) is 2.75. The van der Waals surface area contributed by atoms with E-state index in [-0.39, 0.29) is 10.7 Å². The fraction of sp³-hybridized carbons (Fsp3) is 0.167. The predicted molar refractivity (Wildman–Crippen MR) is 43.9 cm³/mol. The first-order valence-corrected chi connectivity index (χ1v) is 3.59. The van der Waals surface area contributed by atoms with E-state index < -0.39 is 5.91 Å². The summed E-state index contributed by atoms with van der Waals surface area (Å²) in [6, 6.07) is 1.58. The van der Waals surface area contributed by atoms with Crippen molar-refractivity contribution in [2.45, 2.75) is 6.92 Å². The van der Waals surface area contributed by atoms with Crippen molar-refractivity contribution in [1.82, 2.24) is 4.09 Å². The Morgan fingerprint density at radius 1 is 1.73 bits per heavy atom. The van der Waals surface area contributed by atoms with Gasteiger partial charge in [0.15, 0.2) is 0 Å². The number of amides is 1. The molecule has 0 spiro atoms. The van der Waals surface area contributed by atoms with Crippen LogP contribution < -0.4 is 5.73 Å². The van der Waals surface area contributed by atoms with Crippen LogP contribution in [0.15, 0.2) is 6.07 Å². The van der Waals surface area contributed by atoms with E-state index in [1.807, 2.05) is 0 Å². The molecule has 0 aliphatic rings. The first-order chi connectivity index (χ1) is 5.04. The zero-order chi connectivity index (χ0) is 8.59. The minimum absolute atomic E-state index is 0.130. The molecule has 0 aliphatic carbocycles. The van der Waals surface area contributed by atoms with Crippen molar-refractivity contribution in [3.63, 3.8) is 0 Å². The van der Waals surface area contributed by atoms with Gasteiger partial charge in [-0.3, -0.25) is 8.88 Å². The van der Waals surface area contributed by atoms with Gasteiger partial charge >= 0.3 is 0 Å². The summed E-state index contributed by atoms with van der Waals surface area (Å²) in [6.45, 7) is 1.73. The van der Waals surface area contributed by atoms with E-state index in [9.17, 15) is 4.79 Å². The van der Waals surface area contributed by atoms with Crippen molar-refractivity contribution in [3.05, 3.63) is 22.5 Å². The number of rotatable bonds is 1. The zero-order valence-electron chi connectivity index (χ0n) is 5.77. The normalized spacial score (nSPS) is 10.1. The highest BCUT2D eigenvalue weighted by Gasteiger charge is 2.14. The van der Waals surface area contributed by atoms with Crippen molar-refractivity contribution < 1.29 is 4.79 Å². The average Bonchev–Trinajstić information content (AvgIpc) is 2.07. The molecule has 1 aromatic rings. The molecule has 3 nitrogen and oxygen atoms in total. The first-order valence-electron chi connectivity index (χ1n) is 2.88. The zero-order valence-corrected chi connectivity index (χ0v) is 7.28. The van der Waals surface area contributed by atoms with Crippen LogP contribution in [0.5, 0.6) is 0 Å². The molecule has 0 fully saturated rings. The second-order valence-electron chi connectivity index (χ2n) is 2.13. The monoisotopic (exact) mass is 192 g/mol. The lowest BCUT2D eigenvalue weighted by atomic mass is 10.4. The van der Waals surface area contributed by atoms with Crippen LogP contribution in [0.4, 0.5) is 0 Å². The van der Waals surface area contributed by atoms with Crippen LogP contribution in [0.2, 0.25) is 5.02 Å². The van der Waals surface area contributed by atoms with E-state index in [1.54, 1.807) is 13.0 Å². The number of halogens is 2. The number of aryl methyl sites for hydroxylation is 1. The molecule has 0 aliphatic heterocycles. The van der Waals surface area contributed by atoms with Gasteiger partial charge in [-0.1, -0.05) is 11.6 Å². The Labute approximate surface area is 73.8 Å². The number of nitrogens with zero attached hydrogens (tertiary/aromatic N) is 1. The summed E-state index contributed by atoms with van der Waals surface area (Å²) < 4.78 is 1.14. The Morgan fingerprint density at radius 3 is 2.45 bits per heavy atom. The van der Waals surface area contributed by atoms with Gasteiger partial charge in [0, 0.05) is 17.5 Å². The second-order valence-corrected chi connectivity index (χ2v) is 2.87. The lowest BCUT2D eigenvalue weighted by Gasteiger charge is -1.96. The quantitative estimate of drug-likeness (QED) is 0.722. The van der Waals surface area contributed by atoms with E-state index in [2.05, 4.69) is 0 Å². The van der Waals surface area contributed by atoms with E-state index in [0.29, 0.717) is 5.69 Å². The largest absolute Gasteiger partial charge is 0.364 e. The summed E-state index contributed by atoms with van der Waals surface area (Å²) in [6.07, 6.45) is 0. The van der Waals surface area contributed by atoms with E-state index in [4.69, 9.17) is 29.1 Å². The highest BCUT2D eigenvalue weighted by Crippen LogP contribution is 2.21. The number of carbonyl (C=O) groups excluding carboxylic acids is 1. The predicted octanol–water partition coefficient (Wildman–Crippen LogP) is 1.55. The van der Waals surface area contributed by atoms with Crippen molar-refractivity contribution in [1.29, 1.82) is 0 Å². The lowest BCUT2D eigenvalue weighted by molar-refractivity contribution is 0.0995. The van der Waals surface area contributed by atoms with E-state index >= 15 is 0 Å². The van der Waals surface area contributed by atoms with Crippen LogP contribution in [0, 0.1) is 6.92 Å². The maximum absolute atomic E-state index is 10.7. The van der Waals surface area contributed by atoms with Gasteiger partial charge in [0.1, 0.15) is 5.69 Å². The lowest BCUT2D eigenvalue weighted by Crippen LogP contribution is -2.14. The fourth-order valence-electron chi connectivity index (χ4n) is 0.793. The van der Waals surface area contributed by atoms with Crippen LogP contribution in [0.1, 0.15) is 16.2 Å². The molecule has 11 heavy (non-hydrogen) atoms. The summed E-state index contributed by atoms with van der Waals surface area (Å²) in [7, 11) is 0. The fourth-order valence-corrected chi connectivity index (χ4v) is 1.39. The van der Waals surface area contributed by atoms with Gasteiger partial charge in [-0.15, -0.1) is 0 Å². The maximum atomic E-state index is 10.7. The highest BCUT2D eigenvalue weighted by atomic mass is 35.5. The molecular weight excluding hydrogens is 187 g/mol. The van der Waals surface area contributed by atoms with E-state index in [0.717, 1.165) is 4.09 Å². The van der Waals surface area contributed by atoms with Crippen LogP contribution in [0.25, 0.3) is 0 Å². The number of hydrogen-bond donors (Lipinski definition) is 1. The molecule has 0 aromatic carbocycles. The van der Waals surface area contributed by atoms with Crippen molar-refractivity contribution in [2.75, 3.05) is 0 Å². The molecule has 2 N–H and O–H groups in total. The minimum atomic E-state index is -0.627. The molecule has 0 saturated heterocycles. The Morgan fingerprint density at radius 2 is 2.27 bits per heavy atom. The van der Waals surface area contributed by atoms with Gasteiger partial charge in [0.05, 0.1) is 5.02 Å². The third kappa shape index (κ3) is 1.34. The SMILES string of the molecule is Cc1cc(Cl)c(C(N)=O)n1Cl. The summed E-state index contributed by atoms with van der Waals surface area (Å²) >= 11 is 11.3. The summed E-state index contributed by atoms with van der Waals surface area (Å²) in [5.41, 5.74) is 5.82. The smallest absolute Gasteiger partial charge is 0.268 e. The Bertz CT molecular complexity index is 306. The molecule has 5 heteroatoms. The van der Waals surface area contributed by atoms with Crippen LogP contribution in [-0.4, -0.2) is 9.99 Å². The van der Waals surface area contributed by atoms with Crippen LogP contribution in [-0.2, 0) is 0 Å². The van der Waals surface area contributed by atoms with Crippen LogP contribution >= 0.6 is 23.4 Å². The summed E-state index contributed by atoms with van der Waals surface area (Å²) in [5.74, 6) is -0.627. The molecule has 60 valence electrons. The van der Waals surface area contributed by atoms with Crippen LogP contribution in [0.3, 0.4) is 0 Å². The molecule has 0 atom stereocenters. The molecule has 1 rings (SSSR count). The molecule has 0 bridgehead atoms. The van der Waals surface area contributed by atoms with Gasteiger partial charge in [-0.25, -0.2) is 0 Å². The van der Waals surface area contributed by atoms with Gasteiger partial charge in [-0.2, -0.15) is 0 Å². The third-order valence-corrected chi connectivity index (χ3v) is 2.02. The Kier molecular flexibility index (Phi) is 2.11. The molecule has 0 unspecified atom stereocenters. The standard InChI is InChI=1S/C6H6Cl2N2O/c1-3-2-4(7)5(6(9)11)10(3)8/h2H,1H3,(H2,9,11). The van der Waals surface area contributed by atoms with Gasteiger partial charge in [0.25, 0.3) is 5.91 Å². The van der Waals surface area contributed by atoms with Crippen molar-refractivity contribution >= 4 is 29.3 Å². The Hall–Kier alpha value is -0.670. The summed E-state index contributed by atoms with van der Waals surface area (Å²) in [4.78, 5) is 10.7. The molecule has 1 amide bonds. The Balaban J connectivity index is 3.34. The highest BCUT2D eigenvalue weighted by molar-refractivity contribution is 6.35. The molecule has 0 radical (unpaired) electrons. The molecule has 1 heterocycles. The maximum Gasteiger partial charge on any atom is 0.268 e. The average molecular weight is 193 g/mol. The number of primary amides is 1. The molecular formula is C6H6Cl2N2O. The van der Waals surface area contributed by atoms with E-state index in [1.165, 1.54) is 0 Å². The van der Waals surface area contributed by atoms with Crippen molar-refractivity contribution in [3.8, 4) is 0 Å². The summed E-state index contributed by atoms with van der Waals surface area (Å²) in [5, 5.41) is 0.282. The van der Waals surface area contributed by atoms with Gasteiger partial charge in [-0.05, 0) is 13.0 Å². The molecule has 1 aromatic heterocycles. The number of nitrogens with two attached hydrogens (primary N) is 1. The number of carbonyl (C=O) groups is 1. The first kappa shape index (κ1) is 8.43. The molecule has 0 saturated carbocycles. The number of hydrogen-bond acceptors (Lipinski definition) is 1.